The van der Waals surface area contributed by atoms with Gasteiger partial charge in [-0.15, -0.1) is 0 Å². The van der Waals surface area contributed by atoms with Gasteiger partial charge in [0, 0.05) is 36.5 Å². The van der Waals surface area contributed by atoms with Crippen molar-refractivity contribution in [3.63, 3.8) is 0 Å². The zero-order valence-electron chi connectivity index (χ0n) is 15.3. The molecule has 1 aliphatic rings. The second-order valence-electron chi connectivity index (χ2n) is 6.73. The first-order valence-corrected chi connectivity index (χ1v) is 8.98. The van der Waals surface area contributed by atoms with Crippen molar-refractivity contribution in [1.29, 1.82) is 0 Å². The molecule has 2 aromatic rings. The number of carbonyl (C=O) groups excluding carboxylic acids is 1. The van der Waals surface area contributed by atoms with Crippen LogP contribution in [0.5, 0.6) is 0 Å². The number of carbonyl (C=O) groups is 1. The minimum absolute atomic E-state index is 0.150. The average molecular weight is 338 g/mol. The molecule has 0 bridgehead atoms. The van der Waals surface area contributed by atoms with Gasteiger partial charge in [0.05, 0.1) is 0 Å². The molecule has 5 heteroatoms. The standard InChI is InChI=1S/C20H26N4O/c1-14-15(2)22-16(3)23-19(14)21-13-17-7-9-18(10-8-17)20(25)24-11-5-4-6-12-24/h7-10H,4-6,11-13H2,1-3H3,(H,21,22,23). The highest BCUT2D eigenvalue weighted by Gasteiger charge is 2.17. The Labute approximate surface area is 149 Å². The summed E-state index contributed by atoms with van der Waals surface area (Å²) in [7, 11) is 0. The first-order chi connectivity index (χ1) is 12.0. The Morgan fingerprint density at radius 3 is 2.40 bits per heavy atom. The summed E-state index contributed by atoms with van der Waals surface area (Å²) in [6.45, 7) is 8.36. The Morgan fingerprint density at radius 1 is 1.04 bits per heavy atom. The summed E-state index contributed by atoms with van der Waals surface area (Å²) >= 11 is 0. The number of likely N-dealkylation sites (tertiary alicyclic amines) is 1. The number of rotatable bonds is 4. The third-order valence-electron chi connectivity index (χ3n) is 4.81. The van der Waals surface area contributed by atoms with E-state index in [0.29, 0.717) is 6.54 Å². The Bertz CT molecular complexity index is 749. The quantitative estimate of drug-likeness (QED) is 0.925. The van der Waals surface area contributed by atoms with Crippen molar-refractivity contribution in [1.82, 2.24) is 14.9 Å². The molecule has 0 spiro atoms. The molecule has 25 heavy (non-hydrogen) atoms. The van der Waals surface area contributed by atoms with Gasteiger partial charge in [0.25, 0.3) is 5.91 Å². The maximum absolute atomic E-state index is 12.5. The van der Waals surface area contributed by atoms with Crippen LogP contribution < -0.4 is 5.32 Å². The van der Waals surface area contributed by atoms with Crippen LogP contribution in [0, 0.1) is 20.8 Å². The maximum Gasteiger partial charge on any atom is 0.253 e. The van der Waals surface area contributed by atoms with Gasteiger partial charge in [0.15, 0.2) is 0 Å². The molecular weight excluding hydrogens is 312 g/mol. The molecule has 1 saturated heterocycles. The smallest absolute Gasteiger partial charge is 0.253 e. The molecule has 1 aromatic heterocycles. The molecule has 1 fully saturated rings. The van der Waals surface area contributed by atoms with Gasteiger partial charge < -0.3 is 10.2 Å². The number of nitrogens with zero attached hydrogens (tertiary/aromatic N) is 3. The van der Waals surface area contributed by atoms with Crippen LogP contribution >= 0.6 is 0 Å². The average Bonchev–Trinajstić information content (AvgIpc) is 2.64. The second kappa shape index (κ2) is 7.64. The number of aromatic nitrogens is 2. The Hall–Kier alpha value is -2.43. The lowest BCUT2D eigenvalue weighted by molar-refractivity contribution is 0.0724. The van der Waals surface area contributed by atoms with Gasteiger partial charge in [0.2, 0.25) is 0 Å². The molecule has 1 aliphatic heterocycles. The SMILES string of the molecule is Cc1nc(C)c(C)c(NCc2ccc(C(=O)N3CCCCC3)cc2)n1. The van der Waals surface area contributed by atoms with Crippen molar-refractivity contribution in [3.8, 4) is 0 Å². The van der Waals surface area contributed by atoms with Crippen molar-refractivity contribution in [3.05, 3.63) is 52.5 Å². The molecule has 5 nitrogen and oxygen atoms in total. The molecular formula is C20H26N4O. The largest absolute Gasteiger partial charge is 0.366 e. The summed E-state index contributed by atoms with van der Waals surface area (Å²) < 4.78 is 0. The number of nitrogens with one attached hydrogen (secondary N) is 1. The summed E-state index contributed by atoms with van der Waals surface area (Å²) in [6.07, 6.45) is 3.46. The normalized spacial score (nSPS) is 14.4. The lowest BCUT2D eigenvalue weighted by Crippen LogP contribution is -2.35. The van der Waals surface area contributed by atoms with Gasteiger partial charge in [-0.1, -0.05) is 12.1 Å². The molecule has 132 valence electrons. The highest BCUT2D eigenvalue weighted by molar-refractivity contribution is 5.94. The fourth-order valence-electron chi connectivity index (χ4n) is 3.17. The van der Waals surface area contributed by atoms with E-state index in [-0.39, 0.29) is 5.91 Å². The van der Waals surface area contributed by atoms with Crippen molar-refractivity contribution < 1.29 is 4.79 Å². The van der Waals surface area contributed by atoms with Crippen molar-refractivity contribution >= 4 is 11.7 Å². The van der Waals surface area contributed by atoms with Gasteiger partial charge in [0.1, 0.15) is 11.6 Å². The lowest BCUT2D eigenvalue weighted by Gasteiger charge is -2.26. The van der Waals surface area contributed by atoms with Crippen LogP contribution in [0.4, 0.5) is 5.82 Å². The summed E-state index contributed by atoms with van der Waals surface area (Å²) in [6, 6.07) is 7.88. The van der Waals surface area contributed by atoms with E-state index < -0.39 is 0 Å². The van der Waals surface area contributed by atoms with E-state index in [2.05, 4.69) is 15.3 Å². The van der Waals surface area contributed by atoms with E-state index in [1.165, 1.54) is 6.42 Å². The minimum atomic E-state index is 0.150. The van der Waals surface area contributed by atoms with E-state index >= 15 is 0 Å². The fraction of sp³-hybridized carbons (Fsp3) is 0.450. The summed E-state index contributed by atoms with van der Waals surface area (Å²) in [5.74, 6) is 1.80. The molecule has 2 heterocycles. The minimum Gasteiger partial charge on any atom is -0.366 e. The van der Waals surface area contributed by atoms with E-state index in [4.69, 9.17) is 0 Å². The molecule has 3 rings (SSSR count). The molecule has 0 unspecified atom stereocenters. The van der Waals surface area contributed by atoms with E-state index in [9.17, 15) is 4.79 Å². The molecule has 0 aliphatic carbocycles. The number of hydrogen-bond acceptors (Lipinski definition) is 4. The van der Waals surface area contributed by atoms with Gasteiger partial charge in [-0.2, -0.15) is 0 Å². The second-order valence-corrected chi connectivity index (χ2v) is 6.73. The predicted octanol–water partition coefficient (Wildman–Crippen LogP) is 3.64. The predicted molar refractivity (Wildman–Crippen MR) is 99.8 cm³/mol. The molecule has 0 atom stereocenters. The maximum atomic E-state index is 12.5. The zero-order chi connectivity index (χ0) is 17.8. The molecule has 1 aromatic carbocycles. The topological polar surface area (TPSA) is 58.1 Å². The van der Waals surface area contributed by atoms with Gasteiger partial charge in [-0.3, -0.25) is 4.79 Å². The van der Waals surface area contributed by atoms with E-state index in [1.807, 2.05) is 49.9 Å². The summed E-state index contributed by atoms with van der Waals surface area (Å²) in [4.78, 5) is 23.3. The van der Waals surface area contributed by atoms with Crippen LogP contribution in [-0.4, -0.2) is 33.9 Å². The number of benzene rings is 1. The third kappa shape index (κ3) is 4.16. The highest BCUT2D eigenvalue weighted by Crippen LogP contribution is 2.17. The van der Waals surface area contributed by atoms with Crippen LogP contribution in [0.3, 0.4) is 0 Å². The van der Waals surface area contributed by atoms with Crippen LogP contribution in [0.2, 0.25) is 0 Å². The number of piperidine rings is 1. The number of anilines is 1. The van der Waals surface area contributed by atoms with Crippen molar-refractivity contribution in [2.45, 2.75) is 46.6 Å². The number of aryl methyl sites for hydroxylation is 2. The summed E-state index contributed by atoms with van der Waals surface area (Å²) in [5.41, 5.74) is 3.97. The van der Waals surface area contributed by atoms with Crippen LogP contribution in [0.15, 0.2) is 24.3 Å². The molecule has 0 saturated carbocycles. The number of hydrogen-bond donors (Lipinski definition) is 1. The van der Waals surface area contributed by atoms with Gasteiger partial charge >= 0.3 is 0 Å². The van der Waals surface area contributed by atoms with Crippen molar-refractivity contribution in [2.24, 2.45) is 0 Å². The Morgan fingerprint density at radius 2 is 1.72 bits per heavy atom. The first-order valence-electron chi connectivity index (χ1n) is 8.98. The summed E-state index contributed by atoms with van der Waals surface area (Å²) in [5, 5.41) is 3.38. The van der Waals surface area contributed by atoms with Crippen LogP contribution in [-0.2, 0) is 6.54 Å². The molecule has 1 N–H and O–H groups in total. The van der Waals surface area contributed by atoms with Crippen LogP contribution in [0.25, 0.3) is 0 Å². The zero-order valence-corrected chi connectivity index (χ0v) is 15.3. The van der Waals surface area contributed by atoms with Gasteiger partial charge in [-0.25, -0.2) is 9.97 Å². The fourth-order valence-corrected chi connectivity index (χ4v) is 3.17. The van der Waals surface area contributed by atoms with Crippen molar-refractivity contribution in [2.75, 3.05) is 18.4 Å². The van der Waals surface area contributed by atoms with E-state index in [0.717, 1.165) is 60.0 Å². The Kier molecular flexibility index (Phi) is 5.31. The first kappa shape index (κ1) is 17.4. The third-order valence-corrected chi connectivity index (χ3v) is 4.81. The number of amides is 1. The monoisotopic (exact) mass is 338 g/mol. The molecule has 1 amide bonds. The van der Waals surface area contributed by atoms with Crippen LogP contribution in [0.1, 0.15) is 52.3 Å². The molecule has 0 radical (unpaired) electrons. The van der Waals surface area contributed by atoms with Gasteiger partial charge in [-0.05, 0) is 57.7 Å². The lowest BCUT2D eigenvalue weighted by atomic mass is 10.1. The van der Waals surface area contributed by atoms with E-state index in [1.54, 1.807) is 0 Å². The Balaban J connectivity index is 1.64. The highest BCUT2D eigenvalue weighted by atomic mass is 16.2.